The molecule has 162 valence electrons. The summed E-state index contributed by atoms with van der Waals surface area (Å²) in [7, 11) is 1.67. The Morgan fingerprint density at radius 2 is 2.06 bits per heavy atom. The summed E-state index contributed by atoms with van der Waals surface area (Å²) in [6.45, 7) is 3.61. The fraction of sp³-hybridized carbons (Fsp3) is 0.417. The third-order valence-electron chi connectivity index (χ3n) is 6.92. The number of methoxy groups -OCH3 is 1. The van der Waals surface area contributed by atoms with Crippen molar-refractivity contribution < 1.29 is 14.6 Å². The monoisotopic (exact) mass is 420 g/mol. The Hall–Kier alpha value is -2.74. The maximum atomic E-state index is 13.2. The third-order valence-corrected chi connectivity index (χ3v) is 6.92. The minimum absolute atomic E-state index is 0.0347. The molecule has 3 aromatic rings. The van der Waals surface area contributed by atoms with E-state index in [-0.39, 0.29) is 17.6 Å². The highest BCUT2D eigenvalue weighted by Crippen LogP contribution is 2.32. The number of piperidine rings is 1. The fourth-order valence-corrected chi connectivity index (χ4v) is 4.80. The molecular formula is C24H28N4O3. The van der Waals surface area contributed by atoms with E-state index >= 15 is 0 Å². The first-order valence-corrected chi connectivity index (χ1v) is 10.8. The van der Waals surface area contributed by atoms with Crippen molar-refractivity contribution in [1.82, 2.24) is 19.6 Å². The van der Waals surface area contributed by atoms with Gasteiger partial charge in [-0.2, -0.15) is 0 Å². The van der Waals surface area contributed by atoms with Gasteiger partial charge in [0.25, 0.3) is 5.91 Å². The van der Waals surface area contributed by atoms with Crippen LogP contribution in [0.4, 0.5) is 0 Å². The van der Waals surface area contributed by atoms with E-state index in [2.05, 4.69) is 22.4 Å². The van der Waals surface area contributed by atoms with Crippen molar-refractivity contribution in [3.8, 4) is 0 Å². The molecule has 1 saturated heterocycles. The van der Waals surface area contributed by atoms with Crippen molar-refractivity contribution in [2.45, 2.75) is 44.1 Å². The molecule has 2 aliphatic rings. The lowest BCUT2D eigenvalue weighted by molar-refractivity contribution is -0.0140. The quantitative estimate of drug-likeness (QED) is 0.680. The lowest BCUT2D eigenvalue weighted by Crippen LogP contribution is -2.65. The van der Waals surface area contributed by atoms with Crippen LogP contribution in [0.3, 0.4) is 0 Å². The first kappa shape index (κ1) is 20.2. The Morgan fingerprint density at radius 3 is 2.84 bits per heavy atom. The van der Waals surface area contributed by atoms with Crippen molar-refractivity contribution >= 4 is 11.6 Å². The summed E-state index contributed by atoms with van der Waals surface area (Å²) in [5, 5.41) is 14.6. The van der Waals surface area contributed by atoms with E-state index in [1.54, 1.807) is 18.2 Å². The zero-order valence-electron chi connectivity index (χ0n) is 17.9. The molecule has 1 amide bonds. The van der Waals surface area contributed by atoms with Gasteiger partial charge in [-0.25, -0.2) is 4.98 Å². The van der Waals surface area contributed by atoms with E-state index in [1.807, 2.05) is 41.8 Å². The Morgan fingerprint density at radius 1 is 1.26 bits per heavy atom. The molecule has 1 fully saturated rings. The van der Waals surface area contributed by atoms with Crippen molar-refractivity contribution in [2.24, 2.45) is 0 Å². The minimum atomic E-state index is -0.634. The van der Waals surface area contributed by atoms with Gasteiger partial charge in [0.15, 0.2) is 0 Å². The largest absolute Gasteiger partial charge is 0.389 e. The van der Waals surface area contributed by atoms with Crippen LogP contribution in [-0.2, 0) is 17.7 Å². The van der Waals surface area contributed by atoms with Crippen LogP contribution in [0.25, 0.3) is 5.65 Å². The normalized spacial score (nSPS) is 24.4. The van der Waals surface area contributed by atoms with Crippen LogP contribution < -0.4 is 5.32 Å². The molecule has 7 heteroatoms. The van der Waals surface area contributed by atoms with Gasteiger partial charge in [0.05, 0.1) is 17.7 Å². The van der Waals surface area contributed by atoms with Crippen LogP contribution in [0, 0.1) is 0 Å². The van der Waals surface area contributed by atoms with Gasteiger partial charge < -0.3 is 24.5 Å². The molecule has 2 N–H and O–H groups in total. The number of hydrogen-bond donors (Lipinski definition) is 2. The predicted octanol–water partition coefficient (Wildman–Crippen LogP) is 2.33. The molecule has 4 heterocycles. The summed E-state index contributed by atoms with van der Waals surface area (Å²) in [5.41, 5.74) is 4.31. The second-order valence-electron chi connectivity index (χ2n) is 8.70. The number of β-amino-alcohol motifs (C(OH)–C–C–N with tert-alkyl or cyclic N) is 1. The van der Waals surface area contributed by atoms with Crippen LogP contribution >= 0.6 is 0 Å². The van der Waals surface area contributed by atoms with E-state index in [0.29, 0.717) is 25.2 Å². The summed E-state index contributed by atoms with van der Waals surface area (Å²) < 4.78 is 7.24. The Kier molecular flexibility index (Phi) is 5.04. The van der Waals surface area contributed by atoms with E-state index in [0.717, 1.165) is 24.2 Å². The molecule has 0 bridgehead atoms. The molecule has 2 aromatic heterocycles. The van der Waals surface area contributed by atoms with Crippen molar-refractivity contribution in [1.29, 1.82) is 0 Å². The number of likely N-dealkylation sites (tertiary alicyclic amines) is 1. The second-order valence-corrected chi connectivity index (χ2v) is 8.70. The smallest absolute Gasteiger partial charge is 0.274 e. The number of nitrogens with zero attached hydrogens (tertiary/aromatic N) is 3. The standard InChI is InChI=1S/C24H28N4O3/c1-16(31-2)19-7-8-22-26-20(14-28(22)13-19)23(30)27-10-9-24(21(29)15-27)11-17-5-3-4-6-18(17)12-25-24/h3-8,13-14,16,21,25,29H,9-12,15H2,1-2H3/t16?,21-,24+/m1/s1. The van der Waals surface area contributed by atoms with Gasteiger partial charge in [-0.3, -0.25) is 4.79 Å². The zero-order chi connectivity index (χ0) is 21.6. The number of imidazole rings is 1. The second kappa shape index (κ2) is 7.75. The maximum absolute atomic E-state index is 13.2. The number of aliphatic hydroxyl groups excluding tert-OH is 1. The van der Waals surface area contributed by atoms with E-state index in [9.17, 15) is 9.90 Å². The molecule has 31 heavy (non-hydrogen) atoms. The Bertz CT molecular complexity index is 1130. The Labute approximate surface area is 181 Å². The number of rotatable bonds is 3. The SMILES string of the molecule is COC(C)c1ccc2nc(C(=O)N3CC[C@]4(Cc5ccccc5CN4)[C@H](O)C3)cn2c1. The van der Waals surface area contributed by atoms with Crippen molar-refractivity contribution in [3.05, 3.63) is 71.2 Å². The minimum Gasteiger partial charge on any atom is -0.389 e. The molecule has 0 aliphatic carbocycles. The number of ether oxygens (including phenoxy) is 1. The molecule has 1 unspecified atom stereocenters. The summed E-state index contributed by atoms with van der Waals surface area (Å²) in [5.74, 6) is -0.143. The number of carbonyl (C=O) groups is 1. The molecule has 2 aliphatic heterocycles. The van der Waals surface area contributed by atoms with Gasteiger partial charge >= 0.3 is 0 Å². The van der Waals surface area contributed by atoms with Gasteiger partial charge in [-0.05, 0) is 42.5 Å². The van der Waals surface area contributed by atoms with Gasteiger partial charge in [0.1, 0.15) is 11.3 Å². The number of aliphatic hydroxyl groups is 1. The summed E-state index contributed by atoms with van der Waals surface area (Å²) in [6.07, 6.45) is 4.52. The van der Waals surface area contributed by atoms with Crippen molar-refractivity contribution in [3.63, 3.8) is 0 Å². The number of hydrogen-bond acceptors (Lipinski definition) is 5. The molecule has 0 saturated carbocycles. The highest BCUT2D eigenvalue weighted by Gasteiger charge is 2.45. The average Bonchev–Trinajstić information content (AvgIpc) is 3.23. The first-order valence-electron chi connectivity index (χ1n) is 10.8. The number of carbonyl (C=O) groups excluding carboxylic acids is 1. The molecule has 3 atom stereocenters. The fourth-order valence-electron chi connectivity index (χ4n) is 4.80. The Balaban J connectivity index is 1.33. The summed E-state index contributed by atoms with van der Waals surface area (Å²) >= 11 is 0. The molecule has 0 radical (unpaired) electrons. The van der Waals surface area contributed by atoms with Crippen molar-refractivity contribution in [2.75, 3.05) is 20.2 Å². The van der Waals surface area contributed by atoms with E-state index in [1.165, 1.54) is 11.1 Å². The van der Waals surface area contributed by atoms with Gasteiger partial charge in [-0.1, -0.05) is 30.3 Å². The highest BCUT2D eigenvalue weighted by atomic mass is 16.5. The van der Waals surface area contributed by atoms with Crippen LogP contribution in [-0.4, -0.2) is 57.1 Å². The number of fused-ring (bicyclic) bond motifs is 2. The average molecular weight is 421 g/mol. The summed E-state index contributed by atoms with van der Waals surface area (Å²) in [4.78, 5) is 19.4. The number of aromatic nitrogens is 2. The van der Waals surface area contributed by atoms with Crippen LogP contribution in [0.5, 0.6) is 0 Å². The summed E-state index contributed by atoms with van der Waals surface area (Å²) in [6, 6.07) is 12.2. The topological polar surface area (TPSA) is 79.1 Å². The lowest BCUT2D eigenvalue weighted by atomic mass is 9.76. The van der Waals surface area contributed by atoms with Gasteiger partial charge in [0, 0.05) is 39.1 Å². The molecule has 1 aromatic carbocycles. The molecule has 1 spiro atoms. The van der Waals surface area contributed by atoms with Crippen LogP contribution in [0.2, 0.25) is 0 Å². The van der Waals surface area contributed by atoms with Crippen LogP contribution in [0.15, 0.2) is 48.8 Å². The van der Waals surface area contributed by atoms with E-state index < -0.39 is 6.10 Å². The number of nitrogens with one attached hydrogen (secondary N) is 1. The lowest BCUT2D eigenvalue weighted by Gasteiger charge is -2.48. The highest BCUT2D eigenvalue weighted by molar-refractivity contribution is 5.93. The molecule has 5 rings (SSSR count). The third kappa shape index (κ3) is 3.52. The molecular weight excluding hydrogens is 392 g/mol. The zero-order valence-corrected chi connectivity index (χ0v) is 17.9. The number of benzene rings is 1. The number of pyridine rings is 1. The van der Waals surface area contributed by atoms with Gasteiger partial charge in [-0.15, -0.1) is 0 Å². The van der Waals surface area contributed by atoms with Gasteiger partial charge in [0.2, 0.25) is 0 Å². The molecule has 7 nitrogen and oxygen atoms in total. The maximum Gasteiger partial charge on any atom is 0.274 e. The first-order chi connectivity index (χ1) is 15.0. The number of amides is 1. The van der Waals surface area contributed by atoms with Crippen LogP contribution in [0.1, 0.15) is 46.6 Å². The van der Waals surface area contributed by atoms with E-state index in [4.69, 9.17) is 4.74 Å². The predicted molar refractivity (Wildman–Crippen MR) is 117 cm³/mol.